The van der Waals surface area contributed by atoms with Crippen molar-refractivity contribution in [3.63, 3.8) is 0 Å². The van der Waals surface area contributed by atoms with Crippen LogP contribution in [0.4, 0.5) is 0 Å². The van der Waals surface area contributed by atoms with Crippen LogP contribution in [0, 0.1) is 0 Å². The van der Waals surface area contributed by atoms with E-state index in [0.717, 1.165) is 19.3 Å². The molecule has 1 aliphatic rings. The molecule has 134 valence electrons. The lowest BCUT2D eigenvalue weighted by Gasteiger charge is -2.26. The van der Waals surface area contributed by atoms with Crippen LogP contribution >= 0.6 is 0 Å². The van der Waals surface area contributed by atoms with Crippen molar-refractivity contribution in [3.05, 3.63) is 35.9 Å². The average Bonchev–Trinajstić information content (AvgIpc) is 3.05. The van der Waals surface area contributed by atoms with E-state index >= 15 is 0 Å². The van der Waals surface area contributed by atoms with Gasteiger partial charge in [0.1, 0.15) is 0 Å². The summed E-state index contributed by atoms with van der Waals surface area (Å²) in [6.07, 6.45) is 4.88. The second-order valence-corrected chi connectivity index (χ2v) is 6.11. The normalized spacial score (nSPS) is 14.7. The summed E-state index contributed by atoms with van der Waals surface area (Å²) >= 11 is 0. The molecule has 2 amide bonds. The van der Waals surface area contributed by atoms with E-state index in [1.54, 1.807) is 15.5 Å². The van der Waals surface area contributed by atoms with Crippen molar-refractivity contribution < 1.29 is 14.3 Å². The molecule has 1 fully saturated rings. The zero-order valence-electron chi connectivity index (χ0n) is 14.5. The molecule has 0 unspecified atom stereocenters. The number of pyridine rings is 1. The molecule has 0 spiro atoms. The summed E-state index contributed by atoms with van der Waals surface area (Å²) in [6, 6.07) is 5.48. The van der Waals surface area contributed by atoms with E-state index < -0.39 is 0 Å². The summed E-state index contributed by atoms with van der Waals surface area (Å²) in [5.74, 6) is -0.133. The highest BCUT2D eigenvalue weighted by Gasteiger charge is 2.26. The Morgan fingerprint density at radius 1 is 1.24 bits per heavy atom. The molecule has 3 rings (SSSR count). The fourth-order valence-corrected chi connectivity index (χ4v) is 2.92. The lowest BCUT2D eigenvalue weighted by atomic mass is 10.2. The maximum Gasteiger partial charge on any atom is 0.290 e. The van der Waals surface area contributed by atoms with Gasteiger partial charge in [-0.15, -0.1) is 0 Å². The van der Waals surface area contributed by atoms with E-state index in [0.29, 0.717) is 44.1 Å². The Labute approximate surface area is 147 Å². The second kappa shape index (κ2) is 8.11. The van der Waals surface area contributed by atoms with Gasteiger partial charge in [0.05, 0.1) is 18.7 Å². The summed E-state index contributed by atoms with van der Waals surface area (Å²) in [5, 5.41) is 2.90. The number of aromatic nitrogens is 2. The molecule has 0 aliphatic carbocycles. The van der Waals surface area contributed by atoms with Crippen molar-refractivity contribution in [1.29, 1.82) is 0 Å². The van der Waals surface area contributed by atoms with Gasteiger partial charge in [-0.25, -0.2) is 4.98 Å². The number of ether oxygens (including phenoxy) is 1. The van der Waals surface area contributed by atoms with Crippen LogP contribution in [0.1, 0.15) is 47.3 Å². The van der Waals surface area contributed by atoms with Gasteiger partial charge in [0.2, 0.25) is 5.82 Å². The Morgan fingerprint density at radius 2 is 2.04 bits per heavy atom. The highest BCUT2D eigenvalue weighted by Crippen LogP contribution is 2.15. The van der Waals surface area contributed by atoms with Crippen LogP contribution in [0.5, 0.6) is 0 Å². The SMILES string of the molecule is CCCCCNC(=O)c1nc(C(=O)N2CCOCC2)n2ccccc12. The third-order valence-corrected chi connectivity index (χ3v) is 4.32. The number of nitrogens with one attached hydrogen (secondary N) is 1. The quantitative estimate of drug-likeness (QED) is 0.810. The summed E-state index contributed by atoms with van der Waals surface area (Å²) in [5.41, 5.74) is 0.945. The van der Waals surface area contributed by atoms with Gasteiger partial charge in [0.15, 0.2) is 5.69 Å². The third kappa shape index (κ3) is 3.82. The van der Waals surface area contributed by atoms with Crippen molar-refractivity contribution >= 4 is 17.3 Å². The molecule has 2 aromatic heterocycles. The maximum atomic E-state index is 12.8. The van der Waals surface area contributed by atoms with E-state index in [2.05, 4.69) is 17.2 Å². The van der Waals surface area contributed by atoms with Crippen molar-refractivity contribution in [2.24, 2.45) is 0 Å². The lowest BCUT2D eigenvalue weighted by Crippen LogP contribution is -2.41. The second-order valence-electron chi connectivity index (χ2n) is 6.11. The Kier molecular flexibility index (Phi) is 5.65. The number of imidazole rings is 1. The predicted octanol–water partition coefficient (Wildman–Crippen LogP) is 1.73. The van der Waals surface area contributed by atoms with Crippen LogP contribution in [0.15, 0.2) is 24.4 Å². The summed E-state index contributed by atoms with van der Waals surface area (Å²) in [4.78, 5) is 31.4. The number of hydrogen-bond donors (Lipinski definition) is 1. The van der Waals surface area contributed by atoms with E-state index in [1.165, 1.54) is 0 Å². The Hall–Kier alpha value is -2.41. The van der Waals surface area contributed by atoms with E-state index in [9.17, 15) is 9.59 Å². The highest BCUT2D eigenvalue weighted by molar-refractivity contribution is 6.02. The number of amides is 2. The van der Waals surface area contributed by atoms with E-state index in [4.69, 9.17) is 4.74 Å². The Bertz CT molecular complexity index is 750. The number of hydrogen-bond acceptors (Lipinski definition) is 4. The summed E-state index contributed by atoms with van der Waals surface area (Å²) in [7, 11) is 0. The highest BCUT2D eigenvalue weighted by atomic mass is 16.5. The van der Waals surface area contributed by atoms with Gasteiger partial charge in [0, 0.05) is 25.8 Å². The minimum absolute atomic E-state index is 0.172. The van der Waals surface area contributed by atoms with Crippen LogP contribution < -0.4 is 5.32 Å². The maximum absolute atomic E-state index is 12.8. The molecule has 0 radical (unpaired) electrons. The first-order valence-corrected chi connectivity index (χ1v) is 8.84. The molecule has 0 saturated carbocycles. The van der Waals surface area contributed by atoms with Crippen molar-refractivity contribution in [2.45, 2.75) is 26.2 Å². The average molecular weight is 344 g/mol. The van der Waals surface area contributed by atoms with Crippen LogP contribution in [0.25, 0.3) is 5.52 Å². The van der Waals surface area contributed by atoms with Crippen LogP contribution in [-0.2, 0) is 4.74 Å². The molecular formula is C18H24N4O3. The smallest absolute Gasteiger partial charge is 0.290 e. The predicted molar refractivity (Wildman–Crippen MR) is 93.8 cm³/mol. The zero-order chi connectivity index (χ0) is 17.6. The van der Waals surface area contributed by atoms with Gasteiger partial charge < -0.3 is 15.0 Å². The monoisotopic (exact) mass is 344 g/mol. The molecule has 1 saturated heterocycles. The van der Waals surface area contributed by atoms with Gasteiger partial charge in [-0.2, -0.15) is 0 Å². The number of rotatable bonds is 6. The Balaban J connectivity index is 1.84. The van der Waals surface area contributed by atoms with Gasteiger partial charge >= 0.3 is 0 Å². The topological polar surface area (TPSA) is 75.9 Å². The molecule has 1 N–H and O–H groups in total. The van der Waals surface area contributed by atoms with Crippen LogP contribution in [0.2, 0.25) is 0 Å². The van der Waals surface area contributed by atoms with Crippen molar-refractivity contribution in [1.82, 2.24) is 19.6 Å². The molecule has 2 aromatic rings. The third-order valence-electron chi connectivity index (χ3n) is 4.32. The molecular weight excluding hydrogens is 320 g/mol. The molecule has 25 heavy (non-hydrogen) atoms. The van der Waals surface area contributed by atoms with Gasteiger partial charge in [-0.1, -0.05) is 25.8 Å². The number of morpholine rings is 1. The summed E-state index contributed by atoms with van der Waals surface area (Å²) < 4.78 is 6.99. The fraction of sp³-hybridized carbons (Fsp3) is 0.500. The van der Waals surface area contributed by atoms with Gasteiger partial charge in [0.25, 0.3) is 11.8 Å². The standard InChI is InChI=1S/C18H24N4O3/c1-2-3-5-8-19-17(23)15-14-7-4-6-9-22(14)16(20-15)18(24)21-10-12-25-13-11-21/h4,6-7,9H,2-3,5,8,10-13H2,1H3,(H,19,23). The van der Waals surface area contributed by atoms with E-state index in [1.807, 2.05) is 18.2 Å². The van der Waals surface area contributed by atoms with Crippen molar-refractivity contribution in [2.75, 3.05) is 32.8 Å². The van der Waals surface area contributed by atoms with Crippen molar-refractivity contribution in [3.8, 4) is 0 Å². The van der Waals surface area contributed by atoms with Gasteiger partial charge in [-0.3, -0.25) is 14.0 Å². The number of carbonyl (C=O) groups excluding carboxylic acids is 2. The molecule has 0 aromatic carbocycles. The first kappa shape index (κ1) is 17.4. The molecule has 3 heterocycles. The fourth-order valence-electron chi connectivity index (χ4n) is 2.92. The summed E-state index contributed by atoms with van der Waals surface area (Å²) in [6.45, 7) is 4.87. The first-order chi connectivity index (χ1) is 12.2. The molecule has 1 aliphatic heterocycles. The van der Waals surface area contributed by atoms with E-state index in [-0.39, 0.29) is 17.6 Å². The molecule has 7 nitrogen and oxygen atoms in total. The minimum Gasteiger partial charge on any atom is -0.378 e. The molecule has 7 heteroatoms. The van der Waals surface area contributed by atoms with Gasteiger partial charge in [-0.05, 0) is 18.6 Å². The molecule has 0 bridgehead atoms. The number of carbonyl (C=O) groups is 2. The number of nitrogens with zero attached hydrogens (tertiary/aromatic N) is 3. The lowest BCUT2D eigenvalue weighted by molar-refractivity contribution is 0.0294. The number of unbranched alkanes of at least 4 members (excludes halogenated alkanes) is 2. The minimum atomic E-state index is -0.235. The number of fused-ring (bicyclic) bond motifs is 1. The first-order valence-electron chi connectivity index (χ1n) is 8.84. The van der Waals surface area contributed by atoms with Crippen LogP contribution in [0.3, 0.4) is 0 Å². The van der Waals surface area contributed by atoms with Crippen LogP contribution in [-0.4, -0.2) is 58.9 Å². The molecule has 0 atom stereocenters. The Morgan fingerprint density at radius 3 is 2.80 bits per heavy atom. The largest absolute Gasteiger partial charge is 0.378 e. The zero-order valence-corrected chi connectivity index (χ0v) is 14.5.